The summed E-state index contributed by atoms with van der Waals surface area (Å²) in [5, 5.41) is 8.02. The van der Waals surface area contributed by atoms with E-state index in [2.05, 4.69) is 16.0 Å². The molecule has 0 bridgehead atoms. The fourth-order valence-corrected chi connectivity index (χ4v) is 2.82. The number of carbonyl (C=O) groups excluding carboxylic acids is 3. The Labute approximate surface area is 153 Å². The highest BCUT2D eigenvalue weighted by Gasteiger charge is 2.34. The molecule has 1 aromatic carbocycles. The topological polar surface area (TPSA) is 99.8 Å². The maximum atomic E-state index is 12.4. The number of benzene rings is 1. The molecule has 0 radical (unpaired) electrons. The van der Waals surface area contributed by atoms with Gasteiger partial charge in [-0.2, -0.15) is 0 Å². The third-order valence-electron chi connectivity index (χ3n) is 4.33. The van der Waals surface area contributed by atoms with Crippen LogP contribution in [0.1, 0.15) is 18.4 Å². The number of rotatable bonds is 7. The number of carbonyl (C=O) groups is 3. The molecular formula is C18H26N4O4. The van der Waals surface area contributed by atoms with Crippen LogP contribution in [0.25, 0.3) is 0 Å². The van der Waals surface area contributed by atoms with Gasteiger partial charge in [0.15, 0.2) is 0 Å². The molecule has 142 valence electrons. The molecule has 0 aromatic heterocycles. The Kier molecular flexibility index (Phi) is 7.25. The monoisotopic (exact) mass is 362 g/mol. The highest BCUT2D eigenvalue weighted by atomic mass is 16.5. The van der Waals surface area contributed by atoms with E-state index in [1.807, 2.05) is 24.3 Å². The second-order valence-electron chi connectivity index (χ2n) is 6.06. The lowest BCUT2D eigenvalue weighted by molar-refractivity contribution is -0.132. The van der Waals surface area contributed by atoms with Gasteiger partial charge in [0.2, 0.25) is 11.8 Å². The SMILES string of the molecule is CNC(=O)C[C@@H]1C(=O)NCCN1C(=O)NCCCc1ccc(OC)cc1. The van der Waals surface area contributed by atoms with E-state index in [0.717, 1.165) is 24.2 Å². The Hall–Kier alpha value is -2.77. The Morgan fingerprint density at radius 3 is 2.69 bits per heavy atom. The molecule has 1 saturated heterocycles. The Morgan fingerprint density at radius 1 is 1.31 bits per heavy atom. The van der Waals surface area contributed by atoms with Crippen LogP contribution >= 0.6 is 0 Å². The van der Waals surface area contributed by atoms with E-state index in [9.17, 15) is 14.4 Å². The number of hydrogen-bond donors (Lipinski definition) is 3. The summed E-state index contributed by atoms with van der Waals surface area (Å²) in [6.45, 7) is 1.27. The molecule has 1 fully saturated rings. The van der Waals surface area contributed by atoms with Crippen molar-refractivity contribution in [2.24, 2.45) is 0 Å². The van der Waals surface area contributed by atoms with E-state index in [4.69, 9.17) is 4.74 Å². The third-order valence-corrected chi connectivity index (χ3v) is 4.33. The molecule has 3 N–H and O–H groups in total. The van der Waals surface area contributed by atoms with Crippen LogP contribution in [0.15, 0.2) is 24.3 Å². The molecule has 1 aliphatic heterocycles. The van der Waals surface area contributed by atoms with Gasteiger partial charge in [-0.1, -0.05) is 12.1 Å². The van der Waals surface area contributed by atoms with Gasteiger partial charge in [0.25, 0.3) is 0 Å². The van der Waals surface area contributed by atoms with Crippen molar-refractivity contribution < 1.29 is 19.1 Å². The highest BCUT2D eigenvalue weighted by molar-refractivity contribution is 5.92. The van der Waals surface area contributed by atoms with Crippen molar-refractivity contribution in [3.8, 4) is 5.75 Å². The molecule has 2 rings (SSSR count). The molecule has 26 heavy (non-hydrogen) atoms. The minimum absolute atomic E-state index is 0.0401. The molecule has 8 heteroatoms. The maximum Gasteiger partial charge on any atom is 0.318 e. The van der Waals surface area contributed by atoms with Crippen LogP contribution in [0.2, 0.25) is 0 Å². The zero-order valence-corrected chi connectivity index (χ0v) is 15.2. The van der Waals surface area contributed by atoms with Crippen LogP contribution in [0.5, 0.6) is 5.75 Å². The van der Waals surface area contributed by atoms with Gasteiger partial charge in [-0.15, -0.1) is 0 Å². The van der Waals surface area contributed by atoms with E-state index in [0.29, 0.717) is 19.6 Å². The Bertz CT molecular complexity index is 633. The first-order valence-corrected chi connectivity index (χ1v) is 8.71. The molecule has 0 spiro atoms. The first-order chi connectivity index (χ1) is 12.5. The number of ether oxygens (including phenoxy) is 1. The van der Waals surface area contributed by atoms with Gasteiger partial charge >= 0.3 is 6.03 Å². The van der Waals surface area contributed by atoms with Gasteiger partial charge in [0.1, 0.15) is 11.8 Å². The molecule has 0 aliphatic carbocycles. The van der Waals surface area contributed by atoms with Crippen LogP contribution in [0, 0.1) is 0 Å². The lowest BCUT2D eigenvalue weighted by Gasteiger charge is -2.34. The first kappa shape index (κ1) is 19.6. The number of hydrogen-bond acceptors (Lipinski definition) is 4. The third kappa shape index (κ3) is 5.37. The van der Waals surface area contributed by atoms with Crippen molar-refractivity contribution in [1.29, 1.82) is 0 Å². The van der Waals surface area contributed by atoms with Crippen molar-refractivity contribution in [2.45, 2.75) is 25.3 Å². The molecule has 1 aliphatic rings. The van der Waals surface area contributed by atoms with E-state index < -0.39 is 6.04 Å². The Balaban J connectivity index is 1.80. The van der Waals surface area contributed by atoms with Gasteiger partial charge in [-0.3, -0.25) is 9.59 Å². The minimum atomic E-state index is -0.773. The quantitative estimate of drug-likeness (QED) is 0.607. The van der Waals surface area contributed by atoms with Crippen molar-refractivity contribution in [3.63, 3.8) is 0 Å². The summed E-state index contributed by atoms with van der Waals surface area (Å²) in [6.07, 6.45) is 1.56. The zero-order valence-electron chi connectivity index (χ0n) is 15.2. The summed E-state index contributed by atoms with van der Waals surface area (Å²) < 4.78 is 5.12. The molecule has 1 aromatic rings. The molecule has 1 atom stereocenters. The number of amides is 4. The van der Waals surface area contributed by atoms with Crippen LogP contribution in [0.3, 0.4) is 0 Å². The summed E-state index contributed by atoms with van der Waals surface area (Å²) in [7, 11) is 3.13. The predicted octanol–water partition coefficient (Wildman–Crippen LogP) is 0.274. The van der Waals surface area contributed by atoms with E-state index in [1.165, 1.54) is 11.9 Å². The van der Waals surface area contributed by atoms with Gasteiger partial charge in [-0.25, -0.2) is 4.79 Å². The summed E-state index contributed by atoms with van der Waals surface area (Å²) in [5.74, 6) is 0.241. The summed E-state index contributed by atoms with van der Waals surface area (Å²) in [4.78, 5) is 37.4. The van der Waals surface area contributed by atoms with Gasteiger partial charge in [0.05, 0.1) is 13.5 Å². The van der Waals surface area contributed by atoms with Crippen LogP contribution in [0.4, 0.5) is 4.79 Å². The van der Waals surface area contributed by atoms with Crippen molar-refractivity contribution >= 4 is 17.8 Å². The van der Waals surface area contributed by atoms with E-state index in [-0.39, 0.29) is 24.3 Å². The number of piperazine rings is 1. The van der Waals surface area contributed by atoms with Crippen molar-refractivity contribution in [1.82, 2.24) is 20.9 Å². The average molecular weight is 362 g/mol. The molecule has 8 nitrogen and oxygen atoms in total. The largest absolute Gasteiger partial charge is 0.497 e. The smallest absolute Gasteiger partial charge is 0.318 e. The normalized spacial score (nSPS) is 16.6. The standard InChI is InChI=1S/C18H26N4O4/c1-19-16(23)12-15-17(24)20-10-11-22(15)18(25)21-9-3-4-13-5-7-14(26-2)8-6-13/h5-8,15H,3-4,9-12H2,1-2H3,(H,19,23)(H,20,24)(H,21,25)/t15-/m1/s1. The number of aryl methyl sites for hydroxylation is 1. The summed E-state index contributed by atoms with van der Waals surface area (Å²) in [6, 6.07) is 6.71. The predicted molar refractivity (Wildman–Crippen MR) is 96.9 cm³/mol. The second-order valence-corrected chi connectivity index (χ2v) is 6.06. The lowest BCUT2D eigenvalue weighted by atomic mass is 10.1. The zero-order chi connectivity index (χ0) is 18.9. The van der Waals surface area contributed by atoms with E-state index in [1.54, 1.807) is 7.11 Å². The minimum Gasteiger partial charge on any atom is -0.497 e. The van der Waals surface area contributed by atoms with Gasteiger partial charge in [0, 0.05) is 26.7 Å². The highest BCUT2D eigenvalue weighted by Crippen LogP contribution is 2.13. The van der Waals surface area contributed by atoms with Gasteiger partial charge < -0.3 is 25.6 Å². The fraction of sp³-hybridized carbons (Fsp3) is 0.500. The summed E-state index contributed by atoms with van der Waals surface area (Å²) in [5.41, 5.74) is 1.16. The molecule has 0 unspecified atom stereocenters. The maximum absolute atomic E-state index is 12.4. The van der Waals surface area contributed by atoms with Gasteiger partial charge in [-0.05, 0) is 30.5 Å². The lowest BCUT2D eigenvalue weighted by Crippen LogP contribution is -2.60. The number of urea groups is 1. The second kappa shape index (κ2) is 9.65. The Morgan fingerprint density at radius 2 is 2.04 bits per heavy atom. The summed E-state index contributed by atoms with van der Waals surface area (Å²) >= 11 is 0. The number of nitrogens with one attached hydrogen (secondary N) is 3. The molecule has 1 heterocycles. The van der Waals surface area contributed by atoms with Crippen LogP contribution in [-0.4, -0.2) is 62.6 Å². The van der Waals surface area contributed by atoms with Crippen molar-refractivity contribution in [3.05, 3.63) is 29.8 Å². The molecular weight excluding hydrogens is 336 g/mol. The molecule has 4 amide bonds. The fourth-order valence-electron chi connectivity index (χ4n) is 2.82. The van der Waals surface area contributed by atoms with Crippen molar-refractivity contribution in [2.75, 3.05) is 33.8 Å². The number of methoxy groups -OCH3 is 1. The van der Waals surface area contributed by atoms with E-state index >= 15 is 0 Å². The number of nitrogens with zero attached hydrogens (tertiary/aromatic N) is 1. The average Bonchev–Trinajstić information content (AvgIpc) is 2.66. The van der Waals surface area contributed by atoms with Crippen LogP contribution < -0.4 is 20.7 Å². The first-order valence-electron chi connectivity index (χ1n) is 8.71. The molecule has 0 saturated carbocycles. The van der Waals surface area contributed by atoms with Crippen LogP contribution in [-0.2, 0) is 16.0 Å².